The lowest BCUT2D eigenvalue weighted by Gasteiger charge is -2.35. The molecule has 1 aromatic carbocycles. The molecule has 1 saturated carbocycles. The summed E-state index contributed by atoms with van der Waals surface area (Å²) in [5.74, 6) is 1.36. The van der Waals surface area contributed by atoms with E-state index in [1.807, 2.05) is 0 Å². The fourth-order valence-electron chi connectivity index (χ4n) is 3.13. The number of rotatable bonds is 2. The van der Waals surface area contributed by atoms with Gasteiger partial charge in [-0.1, -0.05) is 38.8 Å². The minimum absolute atomic E-state index is 0.427. The van der Waals surface area contributed by atoms with Crippen molar-refractivity contribution in [1.82, 2.24) is 16.2 Å². The minimum Gasteiger partial charge on any atom is -0.358 e. The molecule has 0 bridgehead atoms. The predicted molar refractivity (Wildman–Crippen MR) is 110 cm³/mol. The van der Waals surface area contributed by atoms with Gasteiger partial charge in [-0.25, -0.2) is 0 Å². The summed E-state index contributed by atoms with van der Waals surface area (Å²) in [6.45, 7) is 8.72. The van der Waals surface area contributed by atoms with Crippen molar-refractivity contribution in [2.24, 2.45) is 11.8 Å². The third-order valence-electron chi connectivity index (χ3n) is 4.95. The first-order chi connectivity index (χ1) is 11.4. The zero-order valence-electron chi connectivity index (χ0n) is 14.9. The normalized spacial score (nSPS) is 23.2. The van der Waals surface area contributed by atoms with E-state index in [0.717, 1.165) is 17.2 Å². The molecule has 0 saturated heterocycles. The summed E-state index contributed by atoms with van der Waals surface area (Å²) in [4.78, 5) is 0. The maximum absolute atomic E-state index is 5.38. The van der Waals surface area contributed by atoms with Crippen LogP contribution in [-0.4, -0.2) is 16.3 Å². The van der Waals surface area contributed by atoms with Gasteiger partial charge in [0.15, 0.2) is 10.2 Å². The van der Waals surface area contributed by atoms with Crippen LogP contribution in [0.15, 0.2) is 18.2 Å². The van der Waals surface area contributed by atoms with Crippen molar-refractivity contribution in [3.63, 3.8) is 0 Å². The second-order valence-corrected chi connectivity index (χ2v) is 7.69. The van der Waals surface area contributed by atoms with Crippen LogP contribution in [0, 0.1) is 25.7 Å². The summed E-state index contributed by atoms with van der Waals surface area (Å²) in [7, 11) is 0. The van der Waals surface area contributed by atoms with Crippen molar-refractivity contribution < 1.29 is 0 Å². The molecule has 1 aliphatic rings. The van der Waals surface area contributed by atoms with Crippen molar-refractivity contribution in [3.05, 3.63) is 29.3 Å². The predicted octanol–water partition coefficient (Wildman–Crippen LogP) is 3.79. The molecular formula is C18H28N4S2. The molecule has 3 atom stereocenters. The number of thiocarbonyl (C=S) groups is 2. The Balaban J connectivity index is 1.79. The lowest BCUT2D eigenvalue weighted by atomic mass is 9.78. The quantitative estimate of drug-likeness (QED) is 0.473. The number of anilines is 1. The largest absolute Gasteiger partial charge is 0.358 e. The van der Waals surface area contributed by atoms with Gasteiger partial charge >= 0.3 is 0 Å². The summed E-state index contributed by atoms with van der Waals surface area (Å²) in [6, 6.07) is 6.66. The van der Waals surface area contributed by atoms with Crippen LogP contribution in [-0.2, 0) is 0 Å². The summed E-state index contributed by atoms with van der Waals surface area (Å²) >= 11 is 10.7. The molecule has 1 aromatic rings. The maximum atomic E-state index is 5.38. The SMILES string of the molecule is Cc1ccc(C)c(NC(=S)NNC(=S)N[C@@H]2CCC[C@H](C)[C@@H]2C)c1. The molecular weight excluding hydrogens is 336 g/mol. The molecule has 1 aliphatic carbocycles. The Hall–Kier alpha value is -1.40. The number of nitrogens with one attached hydrogen (secondary N) is 4. The molecule has 4 N–H and O–H groups in total. The third kappa shape index (κ3) is 5.31. The highest BCUT2D eigenvalue weighted by atomic mass is 32.1. The van der Waals surface area contributed by atoms with Crippen LogP contribution in [0.1, 0.15) is 44.2 Å². The van der Waals surface area contributed by atoms with Gasteiger partial charge in [0.2, 0.25) is 0 Å². The third-order valence-corrected chi connectivity index (χ3v) is 5.38. The summed E-state index contributed by atoms with van der Waals surface area (Å²) < 4.78 is 0. The standard InChI is InChI=1S/C18H28N4S2/c1-11-8-9-13(3)16(10-11)20-18(24)22-21-17(23)19-15-7-5-6-12(2)14(15)4/h8-10,12,14-15H,5-7H2,1-4H3,(H2,19,21,23)(H2,20,22,24)/t12-,14-,15+/m0/s1. The molecule has 0 aliphatic heterocycles. The van der Waals surface area contributed by atoms with Gasteiger partial charge in [0.05, 0.1) is 0 Å². The average molecular weight is 365 g/mol. The van der Waals surface area contributed by atoms with Crippen LogP contribution < -0.4 is 21.5 Å². The zero-order valence-corrected chi connectivity index (χ0v) is 16.5. The van der Waals surface area contributed by atoms with Crippen molar-refractivity contribution in [2.45, 2.75) is 53.0 Å². The van der Waals surface area contributed by atoms with Crippen LogP contribution in [0.25, 0.3) is 0 Å². The molecule has 24 heavy (non-hydrogen) atoms. The Bertz CT molecular complexity index is 603. The van der Waals surface area contributed by atoms with Gasteiger partial charge in [-0.15, -0.1) is 0 Å². The van der Waals surface area contributed by atoms with Crippen molar-refractivity contribution in [1.29, 1.82) is 0 Å². The second kappa shape index (κ2) is 8.62. The molecule has 0 aromatic heterocycles. The maximum Gasteiger partial charge on any atom is 0.189 e. The summed E-state index contributed by atoms with van der Waals surface area (Å²) in [5, 5.41) is 7.69. The van der Waals surface area contributed by atoms with Crippen molar-refractivity contribution >= 4 is 40.3 Å². The zero-order chi connectivity index (χ0) is 17.7. The highest BCUT2D eigenvalue weighted by molar-refractivity contribution is 7.80. The Labute approximate surface area is 156 Å². The Morgan fingerprint density at radius 3 is 2.50 bits per heavy atom. The topological polar surface area (TPSA) is 48.1 Å². The molecule has 0 spiro atoms. The fourth-order valence-corrected chi connectivity index (χ4v) is 3.49. The smallest absolute Gasteiger partial charge is 0.189 e. The molecule has 0 heterocycles. The number of hydrogen-bond donors (Lipinski definition) is 4. The van der Waals surface area contributed by atoms with E-state index in [1.165, 1.54) is 24.8 Å². The molecule has 4 nitrogen and oxygen atoms in total. The van der Waals surface area contributed by atoms with Gasteiger partial charge in [0.1, 0.15) is 0 Å². The van der Waals surface area contributed by atoms with Gasteiger partial charge in [-0.05, 0) is 73.7 Å². The first-order valence-electron chi connectivity index (χ1n) is 8.57. The number of aryl methyl sites for hydroxylation is 2. The van der Waals surface area contributed by atoms with Crippen LogP contribution in [0.4, 0.5) is 5.69 Å². The van der Waals surface area contributed by atoms with Crippen LogP contribution in [0.5, 0.6) is 0 Å². The minimum atomic E-state index is 0.427. The Morgan fingerprint density at radius 1 is 1.04 bits per heavy atom. The van der Waals surface area contributed by atoms with Gasteiger partial charge < -0.3 is 10.6 Å². The van der Waals surface area contributed by atoms with E-state index in [9.17, 15) is 0 Å². The van der Waals surface area contributed by atoms with Gasteiger partial charge in [-0.3, -0.25) is 10.9 Å². The van der Waals surface area contributed by atoms with Crippen molar-refractivity contribution in [3.8, 4) is 0 Å². The first-order valence-corrected chi connectivity index (χ1v) is 9.39. The molecule has 0 amide bonds. The number of hydrogen-bond acceptors (Lipinski definition) is 2. The second-order valence-electron chi connectivity index (χ2n) is 6.87. The van der Waals surface area contributed by atoms with Gasteiger partial charge in [0.25, 0.3) is 0 Å². The molecule has 2 rings (SSSR count). The van der Waals surface area contributed by atoms with Crippen LogP contribution >= 0.6 is 24.4 Å². The molecule has 0 radical (unpaired) electrons. The lowest BCUT2D eigenvalue weighted by Crippen LogP contribution is -2.53. The molecule has 1 fully saturated rings. The monoisotopic (exact) mass is 364 g/mol. The molecule has 6 heteroatoms. The fraction of sp³-hybridized carbons (Fsp3) is 0.556. The summed E-state index contributed by atoms with van der Waals surface area (Å²) in [6.07, 6.45) is 3.73. The first kappa shape index (κ1) is 18.9. The number of hydrazine groups is 1. The Kier molecular flexibility index (Phi) is 6.80. The number of benzene rings is 1. The van der Waals surface area contributed by atoms with E-state index >= 15 is 0 Å². The van der Waals surface area contributed by atoms with Crippen LogP contribution in [0.2, 0.25) is 0 Å². The van der Waals surface area contributed by atoms with E-state index in [2.05, 4.69) is 67.4 Å². The van der Waals surface area contributed by atoms with Crippen molar-refractivity contribution in [2.75, 3.05) is 5.32 Å². The highest BCUT2D eigenvalue weighted by Gasteiger charge is 2.27. The highest BCUT2D eigenvalue weighted by Crippen LogP contribution is 2.29. The Morgan fingerprint density at radius 2 is 1.75 bits per heavy atom. The molecule has 0 unspecified atom stereocenters. The van der Waals surface area contributed by atoms with Gasteiger partial charge in [-0.2, -0.15) is 0 Å². The summed E-state index contributed by atoms with van der Waals surface area (Å²) in [5.41, 5.74) is 9.29. The van der Waals surface area contributed by atoms with E-state index in [-0.39, 0.29) is 0 Å². The van der Waals surface area contributed by atoms with E-state index < -0.39 is 0 Å². The van der Waals surface area contributed by atoms with Crippen LogP contribution in [0.3, 0.4) is 0 Å². The van der Waals surface area contributed by atoms with E-state index in [1.54, 1.807) is 0 Å². The molecule has 132 valence electrons. The van der Waals surface area contributed by atoms with E-state index in [0.29, 0.717) is 22.2 Å². The lowest BCUT2D eigenvalue weighted by molar-refractivity contribution is 0.224. The average Bonchev–Trinajstić information content (AvgIpc) is 2.53. The van der Waals surface area contributed by atoms with Gasteiger partial charge in [0, 0.05) is 11.7 Å². The van der Waals surface area contributed by atoms with E-state index in [4.69, 9.17) is 24.4 Å².